The summed E-state index contributed by atoms with van der Waals surface area (Å²) in [6, 6.07) is 7.71. The van der Waals surface area contributed by atoms with E-state index in [4.69, 9.17) is 5.41 Å². The smallest absolute Gasteiger partial charge is 0.0344 e. The Morgan fingerprint density at radius 2 is 2.00 bits per heavy atom. The van der Waals surface area contributed by atoms with Crippen molar-refractivity contribution in [1.29, 1.82) is 5.41 Å². The maximum Gasteiger partial charge on any atom is 0.0344 e. The fourth-order valence-electron chi connectivity index (χ4n) is 0.784. The van der Waals surface area contributed by atoms with Gasteiger partial charge in [0.05, 0.1) is 0 Å². The summed E-state index contributed by atoms with van der Waals surface area (Å²) in [4.78, 5) is 0. The molecule has 0 aliphatic rings. The topological polar surface area (TPSA) is 35.9 Å². The average Bonchev–Trinajstić information content (AvgIpc) is 2.21. The molecule has 0 spiro atoms. The molecule has 66 valence electrons. The quantitative estimate of drug-likeness (QED) is 0.648. The molecule has 0 unspecified atom stereocenters. The summed E-state index contributed by atoms with van der Waals surface area (Å²) in [5.74, 6) is 0. The molecule has 0 aromatic heterocycles. The molecule has 2 N–H and O–H groups in total. The predicted molar refractivity (Wildman–Crippen MR) is 55.2 cm³/mol. The third-order valence-electron chi connectivity index (χ3n) is 1.34. The molecule has 0 saturated carbocycles. The van der Waals surface area contributed by atoms with Crippen LogP contribution in [-0.2, 0) is 0 Å². The molecule has 2 nitrogen and oxygen atoms in total. The highest BCUT2D eigenvalue weighted by Gasteiger charge is 1.87. The van der Waals surface area contributed by atoms with Crippen LogP contribution in [0.3, 0.4) is 0 Å². The zero-order chi connectivity index (χ0) is 9.40. The normalized spacial score (nSPS) is 7.92. The molecule has 0 fully saturated rings. The first kappa shape index (κ1) is 10.7. The molecule has 2 heteroatoms. The Morgan fingerprint density at radius 1 is 1.33 bits per heavy atom. The lowest BCUT2D eigenvalue weighted by Gasteiger charge is -1.98. The fraction of sp³-hybridized carbons (Fsp3) is 0.300. The minimum atomic E-state index is 0.923. The average molecular weight is 164 g/mol. The molecule has 0 bridgehead atoms. The van der Waals surface area contributed by atoms with Gasteiger partial charge < -0.3 is 10.7 Å². The molecule has 0 saturated heterocycles. The Labute approximate surface area is 74.1 Å². The van der Waals surface area contributed by atoms with Crippen LogP contribution in [-0.4, -0.2) is 13.3 Å². The van der Waals surface area contributed by atoms with Gasteiger partial charge in [0.2, 0.25) is 0 Å². The van der Waals surface area contributed by atoms with Crippen LogP contribution in [0, 0.1) is 5.41 Å². The van der Waals surface area contributed by atoms with E-state index in [2.05, 4.69) is 5.32 Å². The van der Waals surface area contributed by atoms with Gasteiger partial charge in [0, 0.05) is 18.9 Å². The van der Waals surface area contributed by atoms with Gasteiger partial charge in [-0.3, -0.25) is 0 Å². The van der Waals surface area contributed by atoms with Gasteiger partial charge in [-0.2, -0.15) is 0 Å². The summed E-state index contributed by atoms with van der Waals surface area (Å²) < 4.78 is 0. The van der Waals surface area contributed by atoms with E-state index in [0.29, 0.717) is 0 Å². The van der Waals surface area contributed by atoms with Crippen molar-refractivity contribution in [2.24, 2.45) is 0 Å². The standard InChI is InChI=1S/C8H10N2.C2H6/c1-10-8-4-2-3-7(5-8)6-9;1-2/h2-6,9-10H,1H3;1-2H3. The van der Waals surface area contributed by atoms with Crippen LogP contribution in [0.2, 0.25) is 0 Å². The van der Waals surface area contributed by atoms with Crippen LogP contribution in [0.25, 0.3) is 0 Å². The van der Waals surface area contributed by atoms with Crippen molar-refractivity contribution in [2.45, 2.75) is 13.8 Å². The molecule has 1 aromatic carbocycles. The molecule has 0 amide bonds. The van der Waals surface area contributed by atoms with Crippen LogP contribution in [0.4, 0.5) is 5.69 Å². The van der Waals surface area contributed by atoms with E-state index in [1.807, 2.05) is 45.2 Å². The molecule has 0 aliphatic carbocycles. The molecule has 12 heavy (non-hydrogen) atoms. The van der Waals surface area contributed by atoms with Crippen molar-refractivity contribution in [3.8, 4) is 0 Å². The highest BCUT2D eigenvalue weighted by molar-refractivity contribution is 5.78. The number of hydrogen-bond donors (Lipinski definition) is 2. The first-order chi connectivity index (χ1) is 5.86. The Balaban J connectivity index is 0.000000561. The number of anilines is 1. The lowest BCUT2D eigenvalue weighted by molar-refractivity contribution is 1.49. The summed E-state index contributed by atoms with van der Waals surface area (Å²) >= 11 is 0. The first-order valence-electron chi connectivity index (χ1n) is 4.15. The lowest BCUT2D eigenvalue weighted by Crippen LogP contribution is -1.88. The number of rotatable bonds is 2. The summed E-state index contributed by atoms with van der Waals surface area (Å²) in [7, 11) is 1.86. The van der Waals surface area contributed by atoms with Crippen LogP contribution in [0.15, 0.2) is 24.3 Å². The second-order valence-corrected chi connectivity index (χ2v) is 2.02. The van der Waals surface area contributed by atoms with E-state index in [1.165, 1.54) is 6.21 Å². The van der Waals surface area contributed by atoms with E-state index >= 15 is 0 Å². The molecule has 1 aromatic rings. The summed E-state index contributed by atoms with van der Waals surface area (Å²) in [6.45, 7) is 4.00. The van der Waals surface area contributed by atoms with Gasteiger partial charge in [0.25, 0.3) is 0 Å². The van der Waals surface area contributed by atoms with Crippen LogP contribution in [0.5, 0.6) is 0 Å². The van der Waals surface area contributed by atoms with E-state index in [0.717, 1.165) is 11.3 Å². The predicted octanol–water partition coefficient (Wildman–Crippen LogP) is 2.75. The molecule has 0 atom stereocenters. The van der Waals surface area contributed by atoms with Gasteiger partial charge in [-0.25, -0.2) is 0 Å². The molecule has 0 radical (unpaired) electrons. The second-order valence-electron chi connectivity index (χ2n) is 2.02. The maximum atomic E-state index is 6.96. The third kappa shape index (κ3) is 3.19. The van der Waals surface area contributed by atoms with Crippen molar-refractivity contribution in [3.05, 3.63) is 29.8 Å². The van der Waals surface area contributed by atoms with Crippen LogP contribution < -0.4 is 5.32 Å². The van der Waals surface area contributed by atoms with Gasteiger partial charge in [0.1, 0.15) is 0 Å². The Morgan fingerprint density at radius 3 is 2.50 bits per heavy atom. The zero-order valence-corrected chi connectivity index (χ0v) is 7.89. The number of benzene rings is 1. The second kappa shape index (κ2) is 6.40. The van der Waals surface area contributed by atoms with Crippen molar-refractivity contribution < 1.29 is 0 Å². The molecule has 0 aliphatic heterocycles. The SMILES string of the molecule is CC.CNc1cccc(C=N)c1. The van der Waals surface area contributed by atoms with E-state index in [-0.39, 0.29) is 0 Å². The van der Waals surface area contributed by atoms with Gasteiger partial charge in [0.15, 0.2) is 0 Å². The van der Waals surface area contributed by atoms with Gasteiger partial charge in [-0.05, 0) is 17.7 Å². The Bertz CT molecular complexity index is 231. The van der Waals surface area contributed by atoms with Crippen molar-refractivity contribution in [1.82, 2.24) is 0 Å². The highest BCUT2D eigenvalue weighted by Crippen LogP contribution is 2.06. The number of hydrogen-bond acceptors (Lipinski definition) is 2. The largest absolute Gasteiger partial charge is 0.388 e. The molecule has 1 rings (SSSR count). The van der Waals surface area contributed by atoms with E-state index in [1.54, 1.807) is 0 Å². The van der Waals surface area contributed by atoms with Crippen molar-refractivity contribution in [2.75, 3.05) is 12.4 Å². The molecule has 0 heterocycles. The summed E-state index contributed by atoms with van der Waals surface area (Å²) in [5, 5.41) is 9.96. The number of nitrogens with one attached hydrogen (secondary N) is 2. The third-order valence-corrected chi connectivity index (χ3v) is 1.34. The van der Waals surface area contributed by atoms with E-state index < -0.39 is 0 Å². The van der Waals surface area contributed by atoms with Crippen molar-refractivity contribution >= 4 is 11.9 Å². The molecular formula is C10H16N2. The summed E-state index contributed by atoms with van der Waals surface area (Å²) in [6.07, 6.45) is 1.33. The van der Waals surface area contributed by atoms with Crippen LogP contribution >= 0.6 is 0 Å². The van der Waals surface area contributed by atoms with E-state index in [9.17, 15) is 0 Å². The minimum Gasteiger partial charge on any atom is -0.388 e. The van der Waals surface area contributed by atoms with Gasteiger partial charge in [-0.15, -0.1) is 0 Å². The monoisotopic (exact) mass is 164 g/mol. The highest BCUT2D eigenvalue weighted by atomic mass is 14.8. The van der Waals surface area contributed by atoms with Gasteiger partial charge >= 0.3 is 0 Å². The zero-order valence-electron chi connectivity index (χ0n) is 7.89. The Kier molecular flexibility index (Phi) is 5.70. The van der Waals surface area contributed by atoms with Crippen LogP contribution in [0.1, 0.15) is 19.4 Å². The summed E-state index contributed by atoms with van der Waals surface area (Å²) in [5.41, 5.74) is 1.97. The fourth-order valence-corrected chi connectivity index (χ4v) is 0.784. The minimum absolute atomic E-state index is 0.923. The lowest BCUT2D eigenvalue weighted by atomic mass is 10.2. The van der Waals surface area contributed by atoms with Crippen molar-refractivity contribution in [3.63, 3.8) is 0 Å². The van der Waals surface area contributed by atoms with Gasteiger partial charge in [-0.1, -0.05) is 26.0 Å². The molecular weight excluding hydrogens is 148 g/mol. The maximum absolute atomic E-state index is 6.96. The first-order valence-corrected chi connectivity index (χ1v) is 4.15. The Hall–Kier alpha value is -1.31.